The molecule has 0 N–H and O–H groups in total. The lowest BCUT2D eigenvalue weighted by molar-refractivity contribution is -0.145. The Morgan fingerprint density at radius 1 is 0.474 bits per heavy atom. The highest BCUT2D eigenvalue weighted by molar-refractivity contribution is 5.69. The molecule has 9 nitrogen and oxygen atoms in total. The van der Waals surface area contributed by atoms with Crippen molar-refractivity contribution in [3.8, 4) is 0 Å². The van der Waals surface area contributed by atoms with Crippen LogP contribution in [0.5, 0.6) is 0 Å². The van der Waals surface area contributed by atoms with Gasteiger partial charge in [-0.3, -0.25) is 4.79 Å². The van der Waals surface area contributed by atoms with Crippen molar-refractivity contribution in [1.29, 1.82) is 0 Å². The van der Waals surface area contributed by atoms with Crippen LogP contribution in [0.4, 0.5) is 0 Å². The van der Waals surface area contributed by atoms with E-state index in [9.17, 15) is 4.79 Å². The van der Waals surface area contributed by atoms with Gasteiger partial charge in [0, 0.05) is 6.42 Å². The molecule has 0 heterocycles. The van der Waals surface area contributed by atoms with Gasteiger partial charge in [0.15, 0.2) is 0 Å². The number of carbonyl (C=O) groups is 1. The summed E-state index contributed by atoms with van der Waals surface area (Å²) in [5.74, 6) is -0.130. The SMILES string of the molecule is CCCCCCCCCCCC(=O)OCCOCCOCCOCCOCCOCCOCCOC(C)C. The lowest BCUT2D eigenvalue weighted by Crippen LogP contribution is -2.15. The molecule has 0 aliphatic rings. The average Bonchev–Trinajstić information content (AvgIpc) is 2.90. The number of unbranched alkanes of at least 4 members (excludes halogenated alkanes) is 8. The molecule has 0 bridgehead atoms. The predicted molar refractivity (Wildman–Crippen MR) is 149 cm³/mol. The summed E-state index contributed by atoms with van der Waals surface area (Å²) in [4.78, 5) is 11.7. The van der Waals surface area contributed by atoms with E-state index >= 15 is 0 Å². The van der Waals surface area contributed by atoms with E-state index in [0.717, 1.165) is 12.8 Å². The Hall–Kier alpha value is -0.810. The topological polar surface area (TPSA) is 90.9 Å². The Balaban J connectivity index is 3.12. The van der Waals surface area contributed by atoms with E-state index in [1.807, 2.05) is 13.8 Å². The minimum atomic E-state index is -0.130. The number of esters is 1. The molecule has 0 aliphatic heterocycles. The molecular formula is C29H58O9. The van der Waals surface area contributed by atoms with Crippen LogP contribution in [0.3, 0.4) is 0 Å². The average molecular weight is 551 g/mol. The second-order valence-electron chi connectivity index (χ2n) is 9.39. The highest BCUT2D eigenvalue weighted by atomic mass is 16.6. The number of carbonyl (C=O) groups excluding carboxylic acids is 1. The van der Waals surface area contributed by atoms with Crippen LogP contribution in [0.1, 0.15) is 85.0 Å². The summed E-state index contributed by atoms with van der Waals surface area (Å²) in [5, 5.41) is 0. The minimum absolute atomic E-state index is 0.130. The van der Waals surface area contributed by atoms with Crippen LogP contribution in [0, 0.1) is 0 Å². The van der Waals surface area contributed by atoms with Crippen molar-refractivity contribution in [2.75, 3.05) is 92.5 Å². The van der Waals surface area contributed by atoms with Gasteiger partial charge in [-0.15, -0.1) is 0 Å². The third kappa shape index (κ3) is 33.2. The van der Waals surface area contributed by atoms with Crippen molar-refractivity contribution >= 4 is 5.97 Å². The van der Waals surface area contributed by atoms with Gasteiger partial charge in [-0.1, -0.05) is 58.3 Å². The van der Waals surface area contributed by atoms with Crippen LogP contribution in [0.15, 0.2) is 0 Å². The fraction of sp³-hybridized carbons (Fsp3) is 0.966. The standard InChI is InChI=1S/C29H58O9/c1-4-5-6-7-8-9-10-11-12-13-29(30)38-27-25-36-23-21-34-19-17-32-15-14-31-16-18-33-20-22-35-24-26-37-28(2)3/h28H,4-27H2,1-3H3. The zero-order valence-electron chi connectivity index (χ0n) is 24.7. The molecule has 0 saturated carbocycles. The quantitative estimate of drug-likeness (QED) is 0.0850. The summed E-state index contributed by atoms with van der Waals surface area (Å²) in [6.45, 7) is 13.3. The first-order valence-electron chi connectivity index (χ1n) is 14.9. The van der Waals surface area contributed by atoms with Gasteiger partial charge in [-0.05, 0) is 20.3 Å². The molecule has 0 aromatic rings. The Kier molecular flexibility index (Phi) is 31.7. The maximum Gasteiger partial charge on any atom is 0.305 e. The molecule has 0 spiro atoms. The summed E-state index contributed by atoms with van der Waals surface area (Å²) < 4.78 is 43.2. The maximum atomic E-state index is 11.7. The van der Waals surface area contributed by atoms with Crippen LogP contribution in [0.25, 0.3) is 0 Å². The highest BCUT2D eigenvalue weighted by Crippen LogP contribution is 2.10. The maximum absolute atomic E-state index is 11.7. The monoisotopic (exact) mass is 550 g/mol. The van der Waals surface area contributed by atoms with E-state index in [2.05, 4.69) is 6.92 Å². The first-order chi connectivity index (χ1) is 18.7. The van der Waals surface area contributed by atoms with Crippen molar-refractivity contribution in [1.82, 2.24) is 0 Å². The van der Waals surface area contributed by atoms with E-state index in [1.165, 1.54) is 44.9 Å². The number of hydrogen-bond acceptors (Lipinski definition) is 9. The van der Waals surface area contributed by atoms with Gasteiger partial charge >= 0.3 is 5.97 Å². The Morgan fingerprint density at radius 3 is 1.21 bits per heavy atom. The van der Waals surface area contributed by atoms with Crippen LogP contribution >= 0.6 is 0 Å². The van der Waals surface area contributed by atoms with E-state index in [4.69, 9.17) is 37.9 Å². The van der Waals surface area contributed by atoms with Gasteiger partial charge in [0.05, 0.1) is 92.0 Å². The molecule has 0 aromatic carbocycles. The van der Waals surface area contributed by atoms with Gasteiger partial charge in [0.25, 0.3) is 0 Å². The van der Waals surface area contributed by atoms with E-state index in [0.29, 0.717) is 98.9 Å². The lowest BCUT2D eigenvalue weighted by atomic mass is 10.1. The molecule has 228 valence electrons. The van der Waals surface area contributed by atoms with Gasteiger partial charge in [0.2, 0.25) is 0 Å². The number of hydrogen-bond donors (Lipinski definition) is 0. The van der Waals surface area contributed by atoms with E-state index < -0.39 is 0 Å². The molecule has 0 aliphatic carbocycles. The second-order valence-corrected chi connectivity index (χ2v) is 9.39. The zero-order valence-corrected chi connectivity index (χ0v) is 24.7. The molecule has 0 unspecified atom stereocenters. The molecule has 0 radical (unpaired) electrons. The fourth-order valence-corrected chi connectivity index (χ4v) is 3.41. The van der Waals surface area contributed by atoms with Gasteiger partial charge in [0.1, 0.15) is 6.61 Å². The largest absolute Gasteiger partial charge is 0.463 e. The number of rotatable bonds is 32. The summed E-state index contributed by atoms with van der Waals surface area (Å²) in [5.41, 5.74) is 0. The lowest BCUT2D eigenvalue weighted by Gasteiger charge is -2.09. The first kappa shape index (κ1) is 37.2. The molecule has 0 fully saturated rings. The smallest absolute Gasteiger partial charge is 0.305 e. The predicted octanol–water partition coefficient (Wildman–Crippen LogP) is 4.98. The van der Waals surface area contributed by atoms with Crippen molar-refractivity contribution in [3.63, 3.8) is 0 Å². The molecule has 0 saturated heterocycles. The summed E-state index contributed by atoms with van der Waals surface area (Å²) in [7, 11) is 0. The molecule has 0 rings (SSSR count). The van der Waals surface area contributed by atoms with Gasteiger partial charge in [-0.25, -0.2) is 0 Å². The van der Waals surface area contributed by atoms with E-state index in [1.54, 1.807) is 0 Å². The van der Waals surface area contributed by atoms with Gasteiger partial charge < -0.3 is 37.9 Å². The summed E-state index contributed by atoms with van der Waals surface area (Å²) in [6.07, 6.45) is 11.9. The van der Waals surface area contributed by atoms with Crippen LogP contribution in [-0.4, -0.2) is 105 Å². The van der Waals surface area contributed by atoms with E-state index in [-0.39, 0.29) is 12.1 Å². The van der Waals surface area contributed by atoms with Crippen LogP contribution in [-0.2, 0) is 42.7 Å². The Labute approximate surface area is 232 Å². The van der Waals surface area contributed by atoms with Crippen molar-refractivity contribution in [2.45, 2.75) is 91.1 Å². The minimum Gasteiger partial charge on any atom is -0.463 e. The zero-order chi connectivity index (χ0) is 27.8. The summed E-state index contributed by atoms with van der Waals surface area (Å²) in [6, 6.07) is 0. The molecule has 0 atom stereocenters. The molecular weight excluding hydrogens is 492 g/mol. The third-order valence-corrected chi connectivity index (χ3v) is 5.51. The van der Waals surface area contributed by atoms with Crippen LogP contribution in [0.2, 0.25) is 0 Å². The van der Waals surface area contributed by atoms with Crippen molar-refractivity contribution < 1.29 is 42.7 Å². The van der Waals surface area contributed by atoms with Crippen molar-refractivity contribution in [3.05, 3.63) is 0 Å². The second kappa shape index (κ2) is 32.4. The normalized spacial score (nSPS) is 11.5. The summed E-state index contributed by atoms with van der Waals surface area (Å²) >= 11 is 0. The molecule has 9 heteroatoms. The van der Waals surface area contributed by atoms with Crippen molar-refractivity contribution in [2.24, 2.45) is 0 Å². The number of ether oxygens (including phenoxy) is 8. The molecule has 0 aromatic heterocycles. The first-order valence-corrected chi connectivity index (χ1v) is 14.9. The Morgan fingerprint density at radius 2 is 0.816 bits per heavy atom. The third-order valence-electron chi connectivity index (χ3n) is 5.51. The van der Waals surface area contributed by atoms with Crippen LogP contribution < -0.4 is 0 Å². The van der Waals surface area contributed by atoms with Gasteiger partial charge in [-0.2, -0.15) is 0 Å². The molecule has 38 heavy (non-hydrogen) atoms. The molecule has 0 amide bonds. The Bertz CT molecular complexity index is 463. The fourth-order valence-electron chi connectivity index (χ4n) is 3.41. The highest BCUT2D eigenvalue weighted by Gasteiger charge is 2.03.